The number of hydrogen-bond donors (Lipinski definition) is 1. The number of benzene rings is 2. The van der Waals surface area contributed by atoms with Gasteiger partial charge in [0.2, 0.25) is 5.91 Å². The molecule has 1 amide bonds. The average molecular weight is 337 g/mol. The summed E-state index contributed by atoms with van der Waals surface area (Å²) in [6.07, 6.45) is 3.96. The first-order chi connectivity index (χ1) is 12.2. The van der Waals surface area contributed by atoms with Gasteiger partial charge in [0.25, 0.3) is 0 Å². The molecule has 1 heterocycles. The highest BCUT2D eigenvalue weighted by Gasteiger charge is 2.26. The van der Waals surface area contributed by atoms with Crippen molar-refractivity contribution < 1.29 is 9.28 Å². The van der Waals surface area contributed by atoms with Gasteiger partial charge in [-0.3, -0.25) is 4.79 Å². The zero-order valence-electron chi connectivity index (χ0n) is 15.2. The molecule has 0 aromatic heterocycles. The molecule has 2 aromatic carbocycles. The summed E-state index contributed by atoms with van der Waals surface area (Å²) in [4.78, 5) is 13.0. The Morgan fingerprint density at radius 1 is 0.920 bits per heavy atom. The van der Waals surface area contributed by atoms with Crippen LogP contribution in [0.4, 0.5) is 0 Å². The number of likely N-dealkylation sites (tertiary alicyclic amines) is 1. The Morgan fingerprint density at radius 3 is 1.96 bits per heavy atom. The summed E-state index contributed by atoms with van der Waals surface area (Å²) in [5.74, 6) is -0.143. The molecule has 1 aliphatic heterocycles. The van der Waals surface area contributed by atoms with Gasteiger partial charge in [-0.25, -0.2) is 0 Å². The van der Waals surface area contributed by atoms with Crippen LogP contribution in [-0.2, 0) is 4.79 Å². The first-order valence-electron chi connectivity index (χ1n) is 9.39. The van der Waals surface area contributed by atoms with Crippen LogP contribution in [-0.4, -0.2) is 43.6 Å². The topological polar surface area (TPSA) is 29.1 Å². The first kappa shape index (κ1) is 17.7. The van der Waals surface area contributed by atoms with Gasteiger partial charge in [0.1, 0.15) is 0 Å². The molecule has 1 saturated heterocycles. The lowest BCUT2D eigenvalue weighted by atomic mass is 9.90. The van der Waals surface area contributed by atoms with Crippen LogP contribution < -0.4 is 5.32 Å². The van der Waals surface area contributed by atoms with Crippen LogP contribution in [0, 0.1) is 0 Å². The largest absolute Gasteiger partial charge is 0.350 e. The van der Waals surface area contributed by atoms with E-state index >= 15 is 0 Å². The van der Waals surface area contributed by atoms with Gasteiger partial charge in [0.05, 0.1) is 39.1 Å². The van der Waals surface area contributed by atoms with Crippen molar-refractivity contribution in [2.75, 3.05) is 33.2 Å². The molecule has 0 radical (unpaired) electrons. The molecule has 0 unspecified atom stereocenters. The van der Waals surface area contributed by atoms with Crippen LogP contribution in [0.1, 0.15) is 36.3 Å². The molecule has 1 N–H and O–H groups in total. The number of nitrogens with one attached hydrogen (secondary N) is 1. The molecular formula is C22H29N2O+. The van der Waals surface area contributed by atoms with Crippen LogP contribution in [0.25, 0.3) is 0 Å². The Labute approximate surface area is 151 Å². The van der Waals surface area contributed by atoms with Crippen molar-refractivity contribution in [2.45, 2.75) is 25.2 Å². The van der Waals surface area contributed by atoms with Gasteiger partial charge < -0.3 is 9.80 Å². The molecule has 0 bridgehead atoms. The molecule has 0 saturated carbocycles. The van der Waals surface area contributed by atoms with E-state index in [1.807, 2.05) is 60.7 Å². The molecule has 25 heavy (non-hydrogen) atoms. The summed E-state index contributed by atoms with van der Waals surface area (Å²) >= 11 is 0. The Balaban J connectivity index is 1.67. The Bertz CT molecular complexity index is 623. The van der Waals surface area contributed by atoms with E-state index in [9.17, 15) is 4.79 Å². The van der Waals surface area contributed by atoms with Crippen molar-refractivity contribution in [3.05, 3.63) is 71.8 Å². The monoisotopic (exact) mass is 337 g/mol. The number of rotatable bonds is 6. The van der Waals surface area contributed by atoms with Crippen LogP contribution >= 0.6 is 0 Å². The molecule has 3 rings (SSSR count). The van der Waals surface area contributed by atoms with Gasteiger partial charge in [0.15, 0.2) is 0 Å². The standard InChI is InChI=1S/C22H28N2O/c1-24(16-9-4-10-17-24)18-15-23-22(25)21(19-11-5-2-6-12-19)20-13-7-3-8-14-20/h2-3,5-8,11-14,21H,4,9-10,15-18H2,1H3/p+1. The predicted octanol–water partition coefficient (Wildman–Crippen LogP) is 3.57. The van der Waals surface area contributed by atoms with Gasteiger partial charge >= 0.3 is 0 Å². The highest BCUT2D eigenvalue weighted by molar-refractivity contribution is 5.87. The third kappa shape index (κ3) is 4.70. The minimum absolute atomic E-state index is 0.0982. The highest BCUT2D eigenvalue weighted by atomic mass is 16.1. The molecule has 0 aliphatic carbocycles. The van der Waals surface area contributed by atoms with Gasteiger partial charge in [-0.1, -0.05) is 60.7 Å². The van der Waals surface area contributed by atoms with E-state index in [1.165, 1.54) is 32.4 Å². The average Bonchev–Trinajstić information content (AvgIpc) is 2.64. The Kier molecular flexibility index (Phi) is 5.87. The van der Waals surface area contributed by atoms with Gasteiger partial charge in [-0.05, 0) is 30.4 Å². The summed E-state index contributed by atoms with van der Waals surface area (Å²) in [6, 6.07) is 20.1. The Morgan fingerprint density at radius 2 is 1.44 bits per heavy atom. The molecule has 1 fully saturated rings. The fourth-order valence-corrected chi connectivity index (χ4v) is 3.84. The maximum Gasteiger partial charge on any atom is 0.232 e. The number of quaternary nitrogens is 1. The van der Waals surface area contributed by atoms with Crippen molar-refractivity contribution >= 4 is 5.91 Å². The summed E-state index contributed by atoms with van der Waals surface area (Å²) in [6.45, 7) is 4.22. The zero-order chi connectivity index (χ0) is 17.5. The van der Waals surface area contributed by atoms with E-state index in [2.05, 4.69) is 12.4 Å². The van der Waals surface area contributed by atoms with E-state index in [-0.39, 0.29) is 11.8 Å². The van der Waals surface area contributed by atoms with E-state index in [1.54, 1.807) is 0 Å². The second-order valence-corrected chi connectivity index (χ2v) is 7.40. The number of nitrogens with zero attached hydrogens (tertiary/aromatic N) is 1. The fraction of sp³-hybridized carbons (Fsp3) is 0.409. The predicted molar refractivity (Wildman–Crippen MR) is 102 cm³/mol. The maximum absolute atomic E-state index is 13.0. The van der Waals surface area contributed by atoms with Crippen molar-refractivity contribution in [2.24, 2.45) is 0 Å². The van der Waals surface area contributed by atoms with Crippen LogP contribution in [0.2, 0.25) is 0 Å². The number of hydrogen-bond acceptors (Lipinski definition) is 1. The third-order valence-corrected chi connectivity index (χ3v) is 5.37. The summed E-state index contributed by atoms with van der Waals surface area (Å²) < 4.78 is 1.08. The lowest BCUT2D eigenvalue weighted by molar-refractivity contribution is -0.912. The highest BCUT2D eigenvalue weighted by Crippen LogP contribution is 2.24. The summed E-state index contributed by atoms with van der Waals surface area (Å²) in [5, 5.41) is 3.20. The number of carbonyl (C=O) groups is 1. The van der Waals surface area contributed by atoms with E-state index in [4.69, 9.17) is 0 Å². The molecule has 2 aromatic rings. The molecule has 3 nitrogen and oxygen atoms in total. The quantitative estimate of drug-likeness (QED) is 0.802. The van der Waals surface area contributed by atoms with Gasteiger partial charge in [-0.2, -0.15) is 0 Å². The minimum atomic E-state index is -0.242. The second kappa shape index (κ2) is 8.30. The molecule has 132 valence electrons. The van der Waals surface area contributed by atoms with Crippen LogP contribution in [0.5, 0.6) is 0 Å². The van der Waals surface area contributed by atoms with E-state index in [0.29, 0.717) is 0 Å². The minimum Gasteiger partial charge on any atom is -0.350 e. The van der Waals surface area contributed by atoms with Crippen molar-refractivity contribution in [1.29, 1.82) is 0 Å². The zero-order valence-corrected chi connectivity index (χ0v) is 15.2. The fourth-order valence-electron chi connectivity index (χ4n) is 3.84. The number of piperidine rings is 1. The van der Waals surface area contributed by atoms with Crippen LogP contribution in [0.3, 0.4) is 0 Å². The SMILES string of the molecule is C[N+]1(CCNC(=O)C(c2ccccc2)c2ccccc2)CCCCC1. The summed E-state index contributed by atoms with van der Waals surface area (Å²) in [7, 11) is 2.32. The third-order valence-electron chi connectivity index (χ3n) is 5.37. The van der Waals surface area contributed by atoms with Gasteiger partial charge in [-0.15, -0.1) is 0 Å². The van der Waals surface area contributed by atoms with Crippen LogP contribution in [0.15, 0.2) is 60.7 Å². The molecule has 1 aliphatic rings. The van der Waals surface area contributed by atoms with Crippen molar-refractivity contribution in [3.63, 3.8) is 0 Å². The van der Waals surface area contributed by atoms with E-state index in [0.717, 1.165) is 28.7 Å². The molecule has 0 atom stereocenters. The normalized spacial score (nSPS) is 16.6. The van der Waals surface area contributed by atoms with Crippen molar-refractivity contribution in [1.82, 2.24) is 5.32 Å². The smallest absolute Gasteiger partial charge is 0.232 e. The van der Waals surface area contributed by atoms with Gasteiger partial charge in [0, 0.05) is 0 Å². The summed E-state index contributed by atoms with van der Waals surface area (Å²) in [5.41, 5.74) is 2.09. The molecule has 3 heteroatoms. The second-order valence-electron chi connectivity index (χ2n) is 7.40. The van der Waals surface area contributed by atoms with Crippen molar-refractivity contribution in [3.8, 4) is 0 Å². The number of likely N-dealkylation sites (N-methyl/N-ethyl adjacent to an activating group) is 1. The first-order valence-corrected chi connectivity index (χ1v) is 9.39. The Hall–Kier alpha value is -2.13. The van der Waals surface area contributed by atoms with E-state index < -0.39 is 0 Å². The lowest BCUT2D eigenvalue weighted by Gasteiger charge is -2.37. The maximum atomic E-state index is 13.0. The molecular weight excluding hydrogens is 308 g/mol. The lowest BCUT2D eigenvalue weighted by Crippen LogP contribution is -2.51. The number of carbonyl (C=O) groups excluding carboxylic acids is 1. The molecule has 0 spiro atoms. The number of amides is 1.